The van der Waals surface area contributed by atoms with Crippen LogP contribution in [-0.4, -0.2) is 26.2 Å². The molecule has 1 heterocycles. The third kappa shape index (κ3) is 1.64. The maximum absolute atomic E-state index is 13.5. The van der Waals surface area contributed by atoms with Gasteiger partial charge in [-0.3, -0.25) is 0 Å². The van der Waals surface area contributed by atoms with E-state index in [1.165, 1.54) is 13.2 Å². The Morgan fingerprint density at radius 1 is 1.56 bits per heavy atom. The van der Waals surface area contributed by atoms with Gasteiger partial charge < -0.3 is 9.64 Å². The predicted molar refractivity (Wildman–Crippen MR) is 58.9 cm³/mol. The van der Waals surface area contributed by atoms with Gasteiger partial charge in [0, 0.05) is 18.3 Å². The first-order valence-corrected chi connectivity index (χ1v) is 5.23. The lowest BCUT2D eigenvalue weighted by atomic mass is 9.96. The number of benzene rings is 1. The summed E-state index contributed by atoms with van der Waals surface area (Å²) in [7, 11) is 3.16. The smallest absolute Gasteiger partial charge is 0.328 e. The Balaban J connectivity index is 2.36. The van der Waals surface area contributed by atoms with Crippen LogP contribution in [0, 0.1) is 5.82 Å². The summed E-state index contributed by atoms with van der Waals surface area (Å²) in [5.74, 6) is -0.468. The normalized spacial score (nSPS) is 19.2. The molecule has 0 N–H and O–H groups in total. The molecule has 3 nitrogen and oxygen atoms in total. The Hall–Kier alpha value is -1.58. The quantitative estimate of drug-likeness (QED) is 0.679. The van der Waals surface area contributed by atoms with Gasteiger partial charge in [-0.05, 0) is 25.0 Å². The molecule has 0 radical (unpaired) electrons. The molecule has 1 aromatic carbocycles. The summed E-state index contributed by atoms with van der Waals surface area (Å²) in [6.07, 6.45) is 1.17. The molecule has 0 bridgehead atoms. The van der Waals surface area contributed by atoms with Crippen molar-refractivity contribution < 1.29 is 13.9 Å². The fraction of sp³-hybridized carbons (Fsp3) is 0.417. The maximum Gasteiger partial charge on any atom is 0.328 e. The van der Waals surface area contributed by atoms with Gasteiger partial charge in [-0.25, -0.2) is 9.18 Å². The van der Waals surface area contributed by atoms with Crippen molar-refractivity contribution in [2.45, 2.75) is 18.9 Å². The van der Waals surface area contributed by atoms with E-state index in [2.05, 4.69) is 0 Å². The molecular formula is C12H14FNO2. The summed E-state index contributed by atoms with van der Waals surface area (Å²) in [4.78, 5) is 13.3. The van der Waals surface area contributed by atoms with E-state index >= 15 is 0 Å². The van der Waals surface area contributed by atoms with Crippen LogP contribution in [0.1, 0.15) is 12.0 Å². The number of fused-ring (bicyclic) bond motifs is 1. The number of rotatable bonds is 1. The van der Waals surface area contributed by atoms with Gasteiger partial charge in [0.05, 0.1) is 7.11 Å². The van der Waals surface area contributed by atoms with E-state index in [-0.39, 0.29) is 17.8 Å². The lowest BCUT2D eigenvalue weighted by Crippen LogP contribution is -2.42. The molecule has 86 valence electrons. The van der Waals surface area contributed by atoms with Gasteiger partial charge >= 0.3 is 5.97 Å². The first-order chi connectivity index (χ1) is 7.65. The van der Waals surface area contributed by atoms with Crippen molar-refractivity contribution in [3.8, 4) is 0 Å². The van der Waals surface area contributed by atoms with Crippen LogP contribution in [0.5, 0.6) is 0 Å². The Morgan fingerprint density at radius 3 is 3.00 bits per heavy atom. The second-order valence-electron chi connectivity index (χ2n) is 3.93. The number of carbonyl (C=O) groups is 1. The number of nitrogens with zero attached hydrogens (tertiary/aromatic N) is 1. The van der Waals surface area contributed by atoms with Gasteiger partial charge in [0.2, 0.25) is 0 Å². The van der Waals surface area contributed by atoms with Crippen LogP contribution in [-0.2, 0) is 16.0 Å². The molecule has 1 aliphatic rings. The minimum absolute atomic E-state index is 0.201. The van der Waals surface area contributed by atoms with Crippen LogP contribution in [0.25, 0.3) is 0 Å². The summed E-state index contributed by atoms with van der Waals surface area (Å²) in [5, 5.41) is 0. The second kappa shape index (κ2) is 4.12. The fourth-order valence-corrected chi connectivity index (χ4v) is 2.18. The van der Waals surface area contributed by atoms with E-state index < -0.39 is 0 Å². The predicted octanol–water partition coefficient (Wildman–Crippen LogP) is 1.75. The molecule has 0 spiro atoms. The molecule has 0 amide bonds. The SMILES string of the molecule is COC(=O)C1CCc2c(F)cccc2N1C. The zero-order valence-electron chi connectivity index (χ0n) is 9.37. The van der Waals surface area contributed by atoms with Crippen molar-refractivity contribution in [3.05, 3.63) is 29.6 Å². The molecule has 1 atom stereocenters. The number of carbonyl (C=O) groups excluding carboxylic acids is 1. The molecule has 0 saturated carbocycles. The van der Waals surface area contributed by atoms with E-state index in [9.17, 15) is 9.18 Å². The fourth-order valence-electron chi connectivity index (χ4n) is 2.18. The number of esters is 1. The van der Waals surface area contributed by atoms with Crippen molar-refractivity contribution in [2.24, 2.45) is 0 Å². The van der Waals surface area contributed by atoms with Gasteiger partial charge in [0.15, 0.2) is 0 Å². The highest BCUT2D eigenvalue weighted by molar-refractivity contribution is 5.81. The van der Waals surface area contributed by atoms with Gasteiger partial charge in [-0.15, -0.1) is 0 Å². The summed E-state index contributed by atoms with van der Waals surface area (Å²) < 4.78 is 18.2. The number of methoxy groups -OCH3 is 1. The lowest BCUT2D eigenvalue weighted by Gasteiger charge is -2.34. The van der Waals surface area contributed by atoms with Crippen molar-refractivity contribution in [1.29, 1.82) is 0 Å². The number of hydrogen-bond donors (Lipinski definition) is 0. The Kier molecular flexibility index (Phi) is 2.81. The Bertz CT molecular complexity index is 419. The van der Waals surface area contributed by atoms with E-state index in [0.29, 0.717) is 18.4 Å². The van der Waals surface area contributed by atoms with Gasteiger partial charge in [-0.1, -0.05) is 6.07 Å². The summed E-state index contributed by atoms with van der Waals surface area (Å²) in [6.45, 7) is 0. The van der Waals surface area contributed by atoms with Crippen LogP contribution in [0.3, 0.4) is 0 Å². The van der Waals surface area contributed by atoms with E-state index in [1.54, 1.807) is 18.0 Å². The molecule has 1 aromatic rings. The standard InChI is InChI=1S/C12H14FNO2/c1-14-10-5-3-4-9(13)8(10)6-7-11(14)12(15)16-2/h3-5,11H,6-7H2,1-2H3. The number of ether oxygens (including phenoxy) is 1. The molecule has 0 aliphatic carbocycles. The minimum atomic E-state index is -0.306. The highest BCUT2D eigenvalue weighted by atomic mass is 19.1. The molecule has 1 aliphatic heterocycles. The summed E-state index contributed by atoms with van der Waals surface area (Å²) in [6, 6.07) is 4.63. The first-order valence-electron chi connectivity index (χ1n) is 5.23. The molecule has 0 aromatic heterocycles. The number of halogens is 1. The second-order valence-corrected chi connectivity index (χ2v) is 3.93. The number of hydrogen-bond acceptors (Lipinski definition) is 3. The first kappa shape index (κ1) is 10.9. The maximum atomic E-state index is 13.5. The third-order valence-electron chi connectivity index (χ3n) is 3.08. The molecule has 1 unspecified atom stereocenters. The van der Waals surface area contributed by atoms with Crippen molar-refractivity contribution in [3.63, 3.8) is 0 Å². The Labute approximate surface area is 93.8 Å². The van der Waals surface area contributed by atoms with Gasteiger partial charge in [0.1, 0.15) is 11.9 Å². The Morgan fingerprint density at radius 2 is 2.31 bits per heavy atom. The van der Waals surface area contributed by atoms with Gasteiger partial charge in [-0.2, -0.15) is 0 Å². The van der Waals surface area contributed by atoms with Crippen LogP contribution in [0.4, 0.5) is 10.1 Å². The molecular weight excluding hydrogens is 209 g/mol. The van der Waals surface area contributed by atoms with Crippen molar-refractivity contribution in [1.82, 2.24) is 0 Å². The lowest BCUT2D eigenvalue weighted by molar-refractivity contribution is -0.142. The summed E-state index contributed by atoms with van der Waals surface area (Å²) in [5.41, 5.74) is 1.46. The highest BCUT2D eigenvalue weighted by Crippen LogP contribution is 2.31. The third-order valence-corrected chi connectivity index (χ3v) is 3.08. The number of likely N-dealkylation sites (N-methyl/N-ethyl adjacent to an activating group) is 1. The monoisotopic (exact) mass is 223 g/mol. The molecule has 16 heavy (non-hydrogen) atoms. The van der Waals surface area contributed by atoms with E-state index in [1.807, 2.05) is 6.07 Å². The topological polar surface area (TPSA) is 29.5 Å². The number of anilines is 1. The van der Waals surface area contributed by atoms with Crippen molar-refractivity contribution >= 4 is 11.7 Å². The molecule has 2 rings (SSSR count). The van der Waals surface area contributed by atoms with Crippen LogP contribution in [0.15, 0.2) is 18.2 Å². The molecule has 0 saturated heterocycles. The average molecular weight is 223 g/mol. The largest absolute Gasteiger partial charge is 0.467 e. The van der Waals surface area contributed by atoms with E-state index in [4.69, 9.17) is 4.74 Å². The van der Waals surface area contributed by atoms with Crippen LogP contribution >= 0.6 is 0 Å². The molecule has 0 fully saturated rings. The highest BCUT2D eigenvalue weighted by Gasteiger charge is 2.30. The average Bonchev–Trinajstić information content (AvgIpc) is 2.30. The summed E-state index contributed by atoms with van der Waals surface area (Å²) >= 11 is 0. The van der Waals surface area contributed by atoms with Crippen molar-refractivity contribution in [2.75, 3.05) is 19.1 Å². The van der Waals surface area contributed by atoms with Crippen LogP contribution in [0.2, 0.25) is 0 Å². The van der Waals surface area contributed by atoms with Gasteiger partial charge in [0.25, 0.3) is 0 Å². The molecule has 4 heteroatoms. The zero-order chi connectivity index (χ0) is 11.7. The van der Waals surface area contributed by atoms with E-state index in [0.717, 1.165) is 5.69 Å². The van der Waals surface area contributed by atoms with Crippen LogP contribution < -0.4 is 4.90 Å². The minimum Gasteiger partial charge on any atom is -0.467 e. The zero-order valence-corrected chi connectivity index (χ0v) is 9.37.